The molecule has 2 unspecified atom stereocenters. The highest BCUT2D eigenvalue weighted by Crippen LogP contribution is 2.27. The Balaban J connectivity index is 2.12. The Bertz CT molecular complexity index is 856. The van der Waals surface area contributed by atoms with Gasteiger partial charge < -0.3 is 15.3 Å². The van der Waals surface area contributed by atoms with Crippen molar-refractivity contribution in [2.75, 3.05) is 13.2 Å². The van der Waals surface area contributed by atoms with Gasteiger partial charge in [-0.15, -0.1) is 0 Å². The first-order valence-electron chi connectivity index (χ1n) is 10.4. The van der Waals surface area contributed by atoms with Gasteiger partial charge in [0, 0.05) is 29.8 Å². The van der Waals surface area contributed by atoms with E-state index in [0.717, 1.165) is 17.5 Å². The minimum atomic E-state index is -0.578. The van der Waals surface area contributed by atoms with Crippen LogP contribution in [0.4, 0.5) is 0 Å². The van der Waals surface area contributed by atoms with Gasteiger partial charge in [-0.1, -0.05) is 63.2 Å². The molecule has 1 aliphatic heterocycles. The molecule has 1 fully saturated rings. The van der Waals surface area contributed by atoms with Gasteiger partial charge in [-0.25, -0.2) is 0 Å². The normalized spacial score (nSPS) is 17.9. The lowest BCUT2D eigenvalue weighted by Gasteiger charge is -2.29. The fraction of sp³-hybridized carbons (Fsp3) is 0.458. The van der Waals surface area contributed by atoms with E-state index in [2.05, 4.69) is 23.6 Å². The summed E-state index contributed by atoms with van der Waals surface area (Å²) in [5, 5.41) is 13.1. The Kier molecular flexibility index (Phi) is 8.60. The Morgan fingerprint density at radius 1 is 1.35 bits per heavy atom. The molecule has 1 aromatic rings. The van der Waals surface area contributed by atoms with Gasteiger partial charge in [0.25, 0.3) is 0 Å². The molecule has 2 N–H and O–H groups in total. The third kappa shape index (κ3) is 6.77. The van der Waals surface area contributed by atoms with E-state index >= 15 is 0 Å². The second-order valence-corrected chi connectivity index (χ2v) is 9.43. The predicted molar refractivity (Wildman–Crippen MR) is 126 cm³/mol. The number of hydrogen-bond donors (Lipinski definition) is 2. The maximum atomic E-state index is 12.9. The van der Waals surface area contributed by atoms with Crippen LogP contribution in [0.2, 0.25) is 0 Å². The molecule has 1 aromatic carbocycles. The molecule has 31 heavy (non-hydrogen) atoms. The average Bonchev–Trinajstić information content (AvgIpc) is 3.19. The zero-order valence-electron chi connectivity index (χ0n) is 18.5. The first kappa shape index (κ1) is 24.8. The van der Waals surface area contributed by atoms with Crippen molar-refractivity contribution < 1.29 is 14.7 Å². The summed E-state index contributed by atoms with van der Waals surface area (Å²) in [5.74, 6) is -0.250. The van der Waals surface area contributed by atoms with Gasteiger partial charge >= 0.3 is 0 Å². The SMILES string of the molecule is C=N/C=C(\C(=C)Cl)c1ccc(C(CO)NC(=O)C2CCCN2C(=O)CC(C)(C)C)cc1. The molecule has 0 spiro atoms. The lowest BCUT2D eigenvalue weighted by atomic mass is 9.91. The van der Waals surface area contributed by atoms with E-state index in [1.165, 1.54) is 6.20 Å². The largest absolute Gasteiger partial charge is 0.394 e. The number of aliphatic imine (C=N–C) groups is 1. The van der Waals surface area contributed by atoms with Gasteiger partial charge in [0.05, 0.1) is 12.6 Å². The van der Waals surface area contributed by atoms with Crippen LogP contribution in [0, 0.1) is 5.41 Å². The van der Waals surface area contributed by atoms with E-state index < -0.39 is 12.1 Å². The number of allylic oxidation sites excluding steroid dienone is 2. The Morgan fingerprint density at radius 2 is 2.00 bits per heavy atom. The van der Waals surface area contributed by atoms with Crippen molar-refractivity contribution in [3.8, 4) is 0 Å². The zero-order chi connectivity index (χ0) is 23.2. The summed E-state index contributed by atoms with van der Waals surface area (Å²) in [5.41, 5.74) is 2.05. The van der Waals surface area contributed by atoms with E-state index in [1.54, 1.807) is 4.90 Å². The highest BCUT2D eigenvalue weighted by Gasteiger charge is 2.36. The fourth-order valence-corrected chi connectivity index (χ4v) is 3.84. The molecule has 2 rings (SSSR count). The van der Waals surface area contributed by atoms with Gasteiger partial charge in [0.2, 0.25) is 11.8 Å². The van der Waals surface area contributed by atoms with Crippen molar-refractivity contribution >= 4 is 35.7 Å². The minimum absolute atomic E-state index is 0.00787. The van der Waals surface area contributed by atoms with Crippen LogP contribution in [-0.2, 0) is 9.59 Å². The number of amides is 2. The smallest absolute Gasteiger partial charge is 0.243 e. The number of aliphatic hydroxyl groups is 1. The van der Waals surface area contributed by atoms with E-state index in [4.69, 9.17) is 11.6 Å². The number of benzene rings is 1. The first-order valence-corrected chi connectivity index (χ1v) is 10.8. The minimum Gasteiger partial charge on any atom is -0.394 e. The fourth-order valence-electron chi connectivity index (χ4n) is 3.68. The van der Waals surface area contributed by atoms with Crippen molar-refractivity contribution in [2.45, 2.75) is 52.1 Å². The number of hydrogen-bond acceptors (Lipinski definition) is 4. The molecule has 0 aliphatic carbocycles. The maximum absolute atomic E-state index is 12.9. The van der Waals surface area contributed by atoms with E-state index in [-0.39, 0.29) is 23.8 Å². The summed E-state index contributed by atoms with van der Waals surface area (Å²) in [7, 11) is 0. The number of carbonyl (C=O) groups excluding carboxylic acids is 2. The number of carbonyl (C=O) groups is 2. The van der Waals surface area contributed by atoms with Crippen LogP contribution in [0.1, 0.15) is 57.2 Å². The number of nitrogens with one attached hydrogen (secondary N) is 1. The molecule has 6 nitrogen and oxygen atoms in total. The second kappa shape index (κ2) is 10.7. The Labute approximate surface area is 189 Å². The topological polar surface area (TPSA) is 82.0 Å². The number of halogens is 1. The van der Waals surface area contributed by atoms with Gasteiger partial charge in [-0.2, -0.15) is 0 Å². The molecule has 168 valence electrons. The van der Waals surface area contributed by atoms with Crippen molar-refractivity contribution in [1.82, 2.24) is 10.2 Å². The standard InChI is InChI=1S/C24H32ClN3O3/c1-16(25)19(14-26-5)17-8-10-18(11-9-17)20(15-29)27-23(31)21-7-6-12-28(21)22(30)13-24(2,3)4/h8-11,14,20-21,29H,1,5-7,12-13,15H2,2-4H3,(H,27,31)/b19-14+. The number of rotatable bonds is 8. The number of aliphatic hydroxyl groups excluding tert-OH is 1. The van der Waals surface area contributed by atoms with Crippen molar-refractivity contribution in [1.29, 1.82) is 0 Å². The molecule has 0 bridgehead atoms. The summed E-state index contributed by atoms with van der Waals surface area (Å²) in [6, 6.07) is 6.18. The molecule has 7 heteroatoms. The van der Waals surface area contributed by atoms with Gasteiger partial charge in [-0.05, 0) is 36.1 Å². The van der Waals surface area contributed by atoms with Crippen LogP contribution in [0.25, 0.3) is 5.57 Å². The molecular formula is C24H32ClN3O3. The maximum Gasteiger partial charge on any atom is 0.243 e. The zero-order valence-corrected chi connectivity index (χ0v) is 19.3. The van der Waals surface area contributed by atoms with Gasteiger partial charge in [0.15, 0.2) is 0 Å². The van der Waals surface area contributed by atoms with E-state index in [1.807, 2.05) is 45.0 Å². The van der Waals surface area contributed by atoms with E-state index in [0.29, 0.717) is 30.0 Å². The summed E-state index contributed by atoms with van der Waals surface area (Å²) in [6.45, 7) is 13.5. The third-order valence-electron chi connectivity index (χ3n) is 5.19. The van der Waals surface area contributed by atoms with Crippen LogP contribution in [0.3, 0.4) is 0 Å². The monoisotopic (exact) mass is 445 g/mol. The number of likely N-dealkylation sites (tertiary alicyclic amines) is 1. The molecule has 2 amide bonds. The van der Waals surface area contributed by atoms with Crippen molar-refractivity contribution in [3.05, 3.63) is 53.2 Å². The lowest BCUT2D eigenvalue weighted by molar-refractivity contribution is -0.140. The molecule has 0 radical (unpaired) electrons. The molecule has 1 saturated heterocycles. The van der Waals surface area contributed by atoms with E-state index in [9.17, 15) is 14.7 Å². The second-order valence-electron chi connectivity index (χ2n) is 8.98. The molecule has 2 atom stereocenters. The highest BCUT2D eigenvalue weighted by molar-refractivity contribution is 6.36. The first-order chi connectivity index (χ1) is 14.6. The van der Waals surface area contributed by atoms with Crippen LogP contribution in [0.15, 0.2) is 47.1 Å². The molecule has 1 aliphatic rings. The average molecular weight is 446 g/mol. The van der Waals surface area contributed by atoms with Crippen molar-refractivity contribution in [2.24, 2.45) is 10.4 Å². The van der Waals surface area contributed by atoms with Crippen molar-refractivity contribution in [3.63, 3.8) is 0 Å². The quantitative estimate of drug-likeness (QED) is 0.467. The van der Waals surface area contributed by atoms with Crippen LogP contribution >= 0.6 is 11.6 Å². The highest BCUT2D eigenvalue weighted by atomic mass is 35.5. The van der Waals surface area contributed by atoms with Gasteiger partial charge in [0.1, 0.15) is 6.04 Å². The summed E-state index contributed by atoms with van der Waals surface area (Å²) in [4.78, 5) is 31.0. The molecule has 0 saturated carbocycles. The summed E-state index contributed by atoms with van der Waals surface area (Å²) < 4.78 is 0. The lowest BCUT2D eigenvalue weighted by Crippen LogP contribution is -2.48. The van der Waals surface area contributed by atoms with Crippen LogP contribution in [0.5, 0.6) is 0 Å². The summed E-state index contributed by atoms with van der Waals surface area (Å²) in [6.07, 6.45) is 3.34. The Hall–Kier alpha value is -2.44. The predicted octanol–water partition coefficient (Wildman–Crippen LogP) is 4.06. The van der Waals surface area contributed by atoms with Crippen LogP contribution < -0.4 is 5.32 Å². The molecule has 1 heterocycles. The third-order valence-corrected chi connectivity index (χ3v) is 5.40. The summed E-state index contributed by atoms with van der Waals surface area (Å²) >= 11 is 6.03. The van der Waals surface area contributed by atoms with Crippen LogP contribution in [-0.4, -0.2) is 47.7 Å². The molecule has 0 aromatic heterocycles. The number of nitrogens with zero attached hydrogens (tertiary/aromatic N) is 2. The Morgan fingerprint density at radius 3 is 2.52 bits per heavy atom. The molecular weight excluding hydrogens is 414 g/mol. The van der Waals surface area contributed by atoms with Gasteiger partial charge in [-0.3, -0.25) is 14.6 Å².